The maximum Gasteiger partial charge on any atom is 0.155 e. The van der Waals surface area contributed by atoms with Gasteiger partial charge in [0.25, 0.3) is 0 Å². The van der Waals surface area contributed by atoms with Gasteiger partial charge in [0.1, 0.15) is 0 Å². The van der Waals surface area contributed by atoms with Crippen LogP contribution in [0.4, 0.5) is 0 Å². The minimum Gasteiger partial charge on any atom is -0.334 e. The van der Waals surface area contributed by atoms with E-state index in [-0.39, 0.29) is 0 Å². The first-order valence-corrected chi connectivity index (χ1v) is 4.37. The molecule has 3 heteroatoms. The van der Waals surface area contributed by atoms with Crippen molar-refractivity contribution in [3.63, 3.8) is 0 Å². The van der Waals surface area contributed by atoms with Gasteiger partial charge in [0.15, 0.2) is 9.03 Å². The second-order valence-corrected chi connectivity index (χ2v) is 3.10. The molecule has 3 aliphatic rings. The van der Waals surface area contributed by atoms with E-state index in [2.05, 4.69) is 24.3 Å². The Morgan fingerprint density at radius 2 is 1.36 bits per heavy atom. The summed E-state index contributed by atoms with van der Waals surface area (Å²) in [6.45, 7) is 1.58. The van der Waals surface area contributed by atoms with Crippen LogP contribution in [0, 0.1) is 0 Å². The van der Waals surface area contributed by atoms with Gasteiger partial charge in [-0.2, -0.15) is 0 Å². The van der Waals surface area contributed by atoms with Crippen LogP contribution >= 0.6 is 9.03 Å². The Labute approximate surface area is 67.5 Å². The molecule has 0 amide bonds. The predicted octanol–water partition coefficient (Wildman–Crippen LogP) is 2.21. The number of fused-ring (bicyclic) bond motifs is 1. The number of rotatable bonds is 0. The summed E-state index contributed by atoms with van der Waals surface area (Å²) in [4.78, 5) is 0. The molecule has 0 saturated carbocycles. The molecule has 11 heavy (non-hydrogen) atoms. The summed E-state index contributed by atoms with van der Waals surface area (Å²) in [6, 6.07) is 8.48. The quantitative estimate of drug-likeness (QED) is 0.561. The number of hydrogen-bond donors (Lipinski definition) is 0. The maximum absolute atomic E-state index is 4.75. The van der Waals surface area contributed by atoms with Crippen LogP contribution in [0.1, 0.15) is 0 Å². The topological polar surface area (TPSA) is 18.5 Å². The van der Waals surface area contributed by atoms with Gasteiger partial charge in [-0.25, -0.2) is 0 Å². The first-order valence-electron chi connectivity index (χ1n) is 3.56. The van der Waals surface area contributed by atoms with Crippen LogP contribution in [-0.2, 0) is 9.05 Å². The lowest BCUT2D eigenvalue weighted by molar-refractivity contribution is 0.365. The summed E-state index contributed by atoms with van der Waals surface area (Å²) < 4.78 is 9.50. The Morgan fingerprint density at radius 1 is 0.909 bits per heavy atom. The molecule has 0 spiro atoms. The van der Waals surface area contributed by atoms with Gasteiger partial charge in [0, 0.05) is 0 Å². The minimum absolute atomic E-state index is 0.309. The minimum atomic E-state index is 0.309. The van der Waals surface area contributed by atoms with Crippen LogP contribution in [0.3, 0.4) is 0 Å². The summed E-state index contributed by atoms with van der Waals surface area (Å²) >= 11 is 0. The van der Waals surface area contributed by atoms with Crippen LogP contribution in [0.5, 0.6) is 0 Å². The second kappa shape index (κ2) is 3.31. The molecule has 0 aromatic carbocycles. The molecule has 0 bridgehead atoms. The van der Waals surface area contributed by atoms with E-state index in [1.165, 1.54) is 11.1 Å². The zero-order valence-electron chi connectivity index (χ0n) is 6.04. The normalized spacial score (nSPS) is 17.1. The Kier molecular flexibility index (Phi) is 2.18. The van der Waals surface area contributed by atoms with Gasteiger partial charge in [-0.3, -0.25) is 0 Å². The van der Waals surface area contributed by atoms with Gasteiger partial charge in [-0.1, -0.05) is 24.3 Å². The smallest absolute Gasteiger partial charge is 0.155 e. The van der Waals surface area contributed by atoms with Crippen molar-refractivity contribution in [3.05, 3.63) is 24.3 Å². The van der Waals surface area contributed by atoms with Gasteiger partial charge in [-0.05, 0) is 11.1 Å². The summed E-state index contributed by atoms with van der Waals surface area (Å²) in [7, 11) is 0.309. The van der Waals surface area contributed by atoms with Crippen LogP contribution in [0.2, 0.25) is 0 Å². The lowest BCUT2D eigenvalue weighted by Crippen LogP contribution is -1.85. The van der Waals surface area contributed by atoms with Crippen LogP contribution < -0.4 is 0 Å². The van der Waals surface area contributed by atoms with Crippen LogP contribution in [-0.4, -0.2) is 13.2 Å². The van der Waals surface area contributed by atoms with Crippen molar-refractivity contribution in [2.75, 3.05) is 13.2 Å². The van der Waals surface area contributed by atoms with E-state index in [9.17, 15) is 0 Å². The Morgan fingerprint density at radius 3 is 1.45 bits per heavy atom. The van der Waals surface area contributed by atoms with Crippen molar-refractivity contribution in [3.8, 4) is 11.1 Å². The molecular weight excluding hydrogens is 159 g/mol. The highest BCUT2D eigenvalue weighted by Crippen LogP contribution is 2.29. The van der Waals surface area contributed by atoms with Gasteiger partial charge in [0.05, 0.1) is 13.2 Å². The van der Waals surface area contributed by atoms with E-state index in [0.29, 0.717) is 9.03 Å². The number of benzene rings is 1. The molecule has 0 aromatic heterocycles. The predicted molar refractivity (Wildman–Crippen MR) is 45.7 cm³/mol. The van der Waals surface area contributed by atoms with E-state index in [4.69, 9.17) is 9.05 Å². The van der Waals surface area contributed by atoms with E-state index in [1.807, 2.05) is 0 Å². The highest BCUT2D eigenvalue weighted by Gasteiger charge is 2.03. The second-order valence-electron chi connectivity index (χ2n) is 2.36. The molecule has 0 radical (unpaired) electrons. The number of hydrogen-bond acceptors (Lipinski definition) is 2. The van der Waals surface area contributed by atoms with Crippen molar-refractivity contribution in [1.29, 1.82) is 0 Å². The van der Waals surface area contributed by atoms with Crippen LogP contribution in [0.15, 0.2) is 24.3 Å². The average molecular weight is 168 g/mol. The van der Waals surface area contributed by atoms with E-state index >= 15 is 0 Å². The summed E-state index contributed by atoms with van der Waals surface area (Å²) in [6.07, 6.45) is 0. The first kappa shape index (κ1) is 7.23. The molecule has 0 atom stereocenters. The van der Waals surface area contributed by atoms with Crippen molar-refractivity contribution in [2.24, 2.45) is 0 Å². The summed E-state index contributed by atoms with van der Waals surface area (Å²) in [5, 5.41) is 0. The monoisotopic (exact) mass is 168 g/mol. The molecule has 1 saturated heterocycles. The van der Waals surface area contributed by atoms with Crippen molar-refractivity contribution in [2.45, 2.75) is 0 Å². The summed E-state index contributed by atoms with van der Waals surface area (Å²) in [5.41, 5.74) is 2.85. The van der Waals surface area contributed by atoms with Gasteiger partial charge >= 0.3 is 0 Å². The average Bonchev–Trinajstić information content (AvgIpc) is 2.53. The highest BCUT2D eigenvalue weighted by atomic mass is 31.1. The maximum atomic E-state index is 4.75. The fraction of sp³-hybridized carbons (Fsp3) is 0.250. The van der Waals surface area contributed by atoms with Crippen molar-refractivity contribution in [1.82, 2.24) is 0 Å². The third-order valence-electron chi connectivity index (χ3n) is 1.62. The first-order chi connectivity index (χ1) is 5.47. The third-order valence-corrected chi connectivity index (χ3v) is 2.27. The molecule has 1 fully saturated rings. The fourth-order valence-corrected chi connectivity index (χ4v) is 1.29. The molecule has 0 unspecified atom stereocenters. The van der Waals surface area contributed by atoms with E-state index in [1.54, 1.807) is 0 Å². The molecule has 2 nitrogen and oxygen atoms in total. The molecular formula is C8H9O2P. The van der Waals surface area contributed by atoms with E-state index in [0.717, 1.165) is 13.2 Å². The molecule has 58 valence electrons. The zero-order chi connectivity index (χ0) is 7.52. The van der Waals surface area contributed by atoms with Gasteiger partial charge < -0.3 is 9.05 Å². The molecule has 2 aliphatic carbocycles. The molecule has 0 N–H and O–H groups in total. The van der Waals surface area contributed by atoms with Crippen molar-refractivity contribution >= 4 is 9.03 Å². The molecule has 1 aliphatic heterocycles. The largest absolute Gasteiger partial charge is 0.334 e. The Bertz CT molecular complexity index is 200. The standard InChI is InChI=1S/C6H4.C2H5O2P/c1-2-6-4-3-5(1)6;1-2-4-5-3-1/h1-4H;5H,1-2H2. The van der Waals surface area contributed by atoms with Crippen LogP contribution in [0.25, 0.3) is 11.1 Å². The lowest BCUT2D eigenvalue weighted by Gasteiger charge is -2.10. The van der Waals surface area contributed by atoms with Gasteiger partial charge in [-0.15, -0.1) is 0 Å². The van der Waals surface area contributed by atoms with Crippen molar-refractivity contribution < 1.29 is 9.05 Å². The molecule has 3 rings (SSSR count). The summed E-state index contributed by atoms with van der Waals surface area (Å²) in [5.74, 6) is 0. The Balaban J connectivity index is 0.0000000893. The third kappa shape index (κ3) is 1.59. The zero-order valence-corrected chi connectivity index (χ0v) is 7.04. The highest BCUT2D eigenvalue weighted by molar-refractivity contribution is 7.26. The molecule has 1 heterocycles. The van der Waals surface area contributed by atoms with Gasteiger partial charge in [0.2, 0.25) is 0 Å². The lowest BCUT2D eigenvalue weighted by atomic mass is 9.95. The molecule has 0 aromatic rings. The fourth-order valence-electron chi connectivity index (χ4n) is 0.871. The SMILES string of the molecule is C1COPO1.c1cc2ccc1-2. The Hall–Kier alpha value is -0.430. The van der Waals surface area contributed by atoms with E-state index < -0.39 is 0 Å².